The number of nitrogens with one attached hydrogen (secondary N) is 2. The van der Waals surface area contributed by atoms with Gasteiger partial charge in [-0.3, -0.25) is 4.79 Å². The maximum absolute atomic E-state index is 13.5. The SMILES string of the molecule is CC(C)[NH+](CC[NH2+]CC(=O)Nc1ccc(F)c(F)c1F)C(C)C. The van der Waals surface area contributed by atoms with Gasteiger partial charge in [0.05, 0.1) is 17.8 Å². The van der Waals surface area contributed by atoms with Crippen LogP contribution in [0.2, 0.25) is 0 Å². The molecular formula is C16H26F3N3O+2. The third-order valence-electron chi connectivity index (χ3n) is 3.76. The van der Waals surface area contributed by atoms with E-state index >= 15 is 0 Å². The summed E-state index contributed by atoms with van der Waals surface area (Å²) >= 11 is 0. The van der Waals surface area contributed by atoms with Crippen LogP contribution in [0.5, 0.6) is 0 Å². The molecule has 1 amide bonds. The van der Waals surface area contributed by atoms with E-state index in [0.29, 0.717) is 12.1 Å². The van der Waals surface area contributed by atoms with Crippen molar-refractivity contribution >= 4 is 11.6 Å². The van der Waals surface area contributed by atoms with E-state index in [0.717, 1.165) is 25.2 Å². The smallest absolute Gasteiger partial charge is 0.279 e. The summed E-state index contributed by atoms with van der Waals surface area (Å²) in [6.07, 6.45) is 0. The van der Waals surface area contributed by atoms with E-state index in [2.05, 4.69) is 33.0 Å². The molecule has 0 aliphatic rings. The summed E-state index contributed by atoms with van der Waals surface area (Å²) < 4.78 is 39.3. The lowest BCUT2D eigenvalue weighted by atomic mass is 10.2. The average Bonchev–Trinajstić information content (AvgIpc) is 2.47. The molecule has 0 radical (unpaired) electrons. The third kappa shape index (κ3) is 5.84. The Labute approximate surface area is 135 Å². The van der Waals surface area contributed by atoms with E-state index in [1.54, 1.807) is 0 Å². The van der Waals surface area contributed by atoms with Gasteiger partial charge < -0.3 is 15.5 Å². The van der Waals surface area contributed by atoms with Gasteiger partial charge in [0.15, 0.2) is 24.0 Å². The van der Waals surface area contributed by atoms with Gasteiger partial charge in [0, 0.05) is 0 Å². The average molecular weight is 333 g/mol. The van der Waals surface area contributed by atoms with Crippen LogP contribution in [0.1, 0.15) is 27.7 Å². The van der Waals surface area contributed by atoms with Gasteiger partial charge in [-0.25, -0.2) is 13.2 Å². The first-order valence-electron chi connectivity index (χ1n) is 7.84. The normalized spacial score (nSPS) is 11.6. The third-order valence-corrected chi connectivity index (χ3v) is 3.76. The zero-order chi connectivity index (χ0) is 17.6. The molecule has 0 bridgehead atoms. The van der Waals surface area contributed by atoms with Crippen LogP contribution >= 0.6 is 0 Å². The molecule has 7 heteroatoms. The molecule has 1 aromatic carbocycles. The molecule has 0 aliphatic heterocycles. The standard InChI is InChI=1S/C16H24F3N3O/c1-10(2)22(11(3)4)8-7-20-9-14(23)21-13-6-5-12(17)15(18)16(13)19/h5-6,10-11,20H,7-9H2,1-4H3,(H,21,23)/p+2. The van der Waals surface area contributed by atoms with Gasteiger partial charge >= 0.3 is 0 Å². The summed E-state index contributed by atoms with van der Waals surface area (Å²) in [5.74, 6) is -4.70. The first-order valence-corrected chi connectivity index (χ1v) is 7.84. The molecule has 0 saturated carbocycles. The van der Waals surface area contributed by atoms with Gasteiger partial charge in [0.1, 0.15) is 13.1 Å². The van der Waals surface area contributed by atoms with E-state index < -0.39 is 23.4 Å². The molecule has 0 aliphatic carbocycles. The lowest BCUT2D eigenvalue weighted by Crippen LogP contribution is -3.19. The Kier molecular flexibility index (Phi) is 7.51. The summed E-state index contributed by atoms with van der Waals surface area (Å²) in [6, 6.07) is 2.78. The Balaban J connectivity index is 2.42. The highest BCUT2D eigenvalue weighted by atomic mass is 19.2. The Hall–Kier alpha value is -1.60. The molecule has 4 N–H and O–H groups in total. The van der Waals surface area contributed by atoms with Crippen molar-refractivity contribution in [2.75, 3.05) is 25.0 Å². The number of nitrogens with two attached hydrogens (primary N) is 1. The molecular weight excluding hydrogens is 307 g/mol. The zero-order valence-electron chi connectivity index (χ0n) is 14.1. The maximum atomic E-state index is 13.5. The fraction of sp³-hybridized carbons (Fsp3) is 0.562. The number of rotatable bonds is 8. The second-order valence-electron chi connectivity index (χ2n) is 6.19. The minimum absolute atomic E-state index is 0.0991. The lowest BCUT2D eigenvalue weighted by Gasteiger charge is -2.26. The predicted octanol–water partition coefficient (Wildman–Crippen LogP) is 0.308. The van der Waals surface area contributed by atoms with Crippen LogP contribution in [0.15, 0.2) is 12.1 Å². The number of quaternary nitrogens is 2. The van der Waals surface area contributed by atoms with Crippen LogP contribution in [0.3, 0.4) is 0 Å². The zero-order valence-corrected chi connectivity index (χ0v) is 14.1. The van der Waals surface area contributed by atoms with Gasteiger partial charge in [0.2, 0.25) is 0 Å². The van der Waals surface area contributed by atoms with Crippen molar-refractivity contribution in [3.8, 4) is 0 Å². The Morgan fingerprint density at radius 3 is 2.30 bits per heavy atom. The molecule has 0 heterocycles. The van der Waals surface area contributed by atoms with Crippen molar-refractivity contribution in [1.29, 1.82) is 0 Å². The molecule has 23 heavy (non-hydrogen) atoms. The molecule has 1 aromatic rings. The maximum Gasteiger partial charge on any atom is 0.279 e. The van der Waals surface area contributed by atoms with Crippen LogP contribution in [-0.4, -0.2) is 37.6 Å². The minimum Gasteiger partial charge on any atom is -0.334 e. The number of amides is 1. The van der Waals surface area contributed by atoms with Crippen molar-refractivity contribution in [1.82, 2.24) is 0 Å². The molecule has 0 atom stereocenters. The molecule has 0 spiro atoms. The summed E-state index contributed by atoms with van der Waals surface area (Å²) in [5, 5.41) is 4.07. The van der Waals surface area contributed by atoms with Gasteiger partial charge in [-0.1, -0.05) is 0 Å². The molecule has 0 unspecified atom stereocenters. The highest BCUT2D eigenvalue weighted by Gasteiger charge is 2.18. The lowest BCUT2D eigenvalue weighted by molar-refractivity contribution is -0.951. The number of hydrogen-bond donors (Lipinski definition) is 3. The summed E-state index contributed by atoms with van der Waals surface area (Å²) in [7, 11) is 0. The molecule has 4 nitrogen and oxygen atoms in total. The van der Waals surface area contributed by atoms with E-state index in [1.165, 1.54) is 4.90 Å². The quantitative estimate of drug-likeness (QED) is 0.465. The number of carbonyl (C=O) groups is 1. The molecule has 0 fully saturated rings. The molecule has 0 aromatic heterocycles. The second kappa shape index (κ2) is 8.88. The van der Waals surface area contributed by atoms with E-state index in [9.17, 15) is 18.0 Å². The summed E-state index contributed by atoms with van der Waals surface area (Å²) in [5.41, 5.74) is -0.348. The Morgan fingerprint density at radius 1 is 1.13 bits per heavy atom. The van der Waals surface area contributed by atoms with Gasteiger partial charge in [-0.05, 0) is 39.8 Å². The van der Waals surface area contributed by atoms with Crippen LogP contribution in [-0.2, 0) is 4.79 Å². The number of hydrogen-bond acceptors (Lipinski definition) is 1. The largest absolute Gasteiger partial charge is 0.334 e. The van der Waals surface area contributed by atoms with Crippen molar-refractivity contribution in [2.45, 2.75) is 39.8 Å². The van der Waals surface area contributed by atoms with Crippen LogP contribution in [0.25, 0.3) is 0 Å². The second-order valence-corrected chi connectivity index (χ2v) is 6.19. The summed E-state index contributed by atoms with van der Waals surface area (Å²) in [4.78, 5) is 13.2. The highest BCUT2D eigenvalue weighted by molar-refractivity contribution is 5.91. The van der Waals surface area contributed by atoms with E-state index in [-0.39, 0.29) is 12.2 Å². The number of carbonyl (C=O) groups excluding carboxylic acids is 1. The van der Waals surface area contributed by atoms with Crippen LogP contribution in [0.4, 0.5) is 18.9 Å². The van der Waals surface area contributed by atoms with Crippen LogP contribution < -0.4 is 15.5 Å². The summed E-state index contributed by atoms with van der Waals surface area (Å²) in [6.45, 7) is 10.3. The van der Waals surface area contributed by atoms with Gasteiger partial charge in [-0.2, -0.15) is 0 Å². The monoisotopic (exact) mass is 333 g/mol. The Bertz CT molecular complexity index is 528. The van der Waals surface area contributed by atoms with Crippen molar-refractivity contribution < 1.29 is 28.2 Å². The van der Waals surface area contributed by atoms with Gasteiger partial charge in [-0.15, -0.1) is 0 Å². The number of benzene rings is 1. The van der Waals surface area contributed by atoms with Gasteiger partial charge in [0.25, 0.3) is 5.91 Å². The fourth-order valence-electron chi connectivity index (χ4n) is 2.57. The van der Waals surface area contributed by atoms with Crippen molar-refractivity contribution in [2.24, 2.45) is 0 Å². The number of anilines is 1. The molecule has 0 saturated heterocycles. The van der Waals surface area contributed by atoms with E-state index in [1.807, 2.05) is 5.32 Å². The predicted molar refractivity (Wildman–Crippen MR) is 82.7 cm³/mol. The minimum atomic E-state index is -1.58. The number of halogens is 3. The highest BCUT2D eigenvalue weighted by Crippen LogP contribution is 2.19. The molecule has 1 rings (SSSR count). The topological polar surface area (TPSA) is 50.2 Å². The van der Waals surface area contributed by atoms with Crippen molar-refractivity contribution in [3.63, 3.8) is 0 Å². The van der Waals surface area contributed by atoms with E-state index in [4.69, 9.17) is 0 Å². The van der Waals surface area contributed by atoms with Crippen molar-refractivity contribution in [3.05, 3.63) is 29.6 Å². The first kappa shape index (κ1) is 19.4. The Morgan fingerprint density at radius 2 is 1.74 bits per heavy atom. The van der Waals surface area contributed by atoms with Crippen LogP contribution in [0, 0.1) is 17.5 Å². The molecule has 130 valence electrons. The fourth-order valence-corrected chi connectivity index (χ4v) is 2.57. The first-order chi connectivity index (χ1) is 10.7.